The van der Waals surface area contributed by atoms with Crippen LogP contribution in [-0.4, -0.2) is 22.5 Å². The monoisotopic (exact) mass is 970 g/mol. The van der Waals surface area contributed by atoms with E-state index in [2.05, 4.69) is 237 Å². The van der Waals surface area contributed by atoms with Crippen LogP contribution >= 0.6 is 11.8 Å². The molecule has 5 nitrogen and oxygen atoms in total. The maximum absolute atomic E-state index is 16.6. The molecule has 0 radical (unpaired) electrons. The Morgan fingerprint density at radius 1 is 0.288 bits per heavy atom. The Balaban J connectivity index is 0.949. The van der Waals surface area contributed by atoms with Crippen LogP contribution in [0.15, 0.2) is 273 Å². The van der Waals surface area contributed by atoms with Crippen molar-refractivity contribution < 1.29 is 4.21 Å². The van der Waals surface area contributed by atoms with Gasteiger partial charge >= 0.3 is 0 Å². The molecule has 1 aliphatic heterocycles. The van der Waals surface area contributed by atoms with Crippen molar-refractivity contribution in [1.29, 1.82) is 0 Å². The summed E-state index contributed by atoms with van der Waals surface area (Å²) in [6, 6.07) is 89.0. The molecule has 0 spiro atoms. The van der Waals surface area contributed by atoms with E-state index in [1.54, 1.807) is 11.8 Å². The van der Waals surface area contributed by atoms with E-state index in [-0.39, 0.29) is 0 Å². The minimum atomic E-state index is -3.38. The molecule has 11 aromatic carbocycles. The van der Waals surface area contributed by atoms with Crippen LogP contribution in [-0.2, 0) is 9.93 Å². The first-order valence-electron chi connectivity index (χ1n) is 24.8. The number of para-hydroxylation sites is 6. The number of aromatic nitrogens is 4. The Hall–Kier alpha value is -8.88. The van der Waals surface area contributed by atoms with E-state index < -0.39 is 9.93 Å². The molecule has 0 N–H and O–H groups in total. The van der Waals surface area contributed by atoms with Gasteiger partial charge in [-0.3, -0.25) is 4.21 Å². The lowest BCUT2D eigenvalue weighted by Gasteiger charge is -2.33. The molecule has 1 aliphatic rings. The van der Waals surface area contributed by atoms with Crippen molar-refractivity contribution in [3.05, 3.63) is 249 Å². The van der Waals surface area contributed by atoms with Gasteiger partial charge < -0.3 is 18.3 Å². The van der Waals surface area contributed by atoms with Gasteiger partial charge in [-0.05, 0) is 119 Å². The zero-order valence-electron chi connectivity index (χ0n) is 39.2. The summed E-state index contributed by atoms with van der Waals surface area (Å²) in [6.45, 7) is 0. The average Bonchev–Trinajstić information content (AvgIpc) is 4.19. The molecule has 73 heavy (non-hydrogen) atoms. The molecule has 0 amide bonds. The fraction of sp³-hybridized carbons (Fsp3) is 0. The smallest absolute Gasteiger partial charge is 0.0641 e. The number of fused-ring (bicyclic) bond motifs is 16. The summed E-state index contributed by atoms with van der Waals surface area (Å²) >= 11 is 1.73. The third-order valence-electron chi connectivity index (χ3n) is 15.4. The maximum atomic E-state index is 16.6. The van der Waals surface area contributed by atoms with E-state index in [1.165, 1.54) is 43.1 Å². The van der Waals surface area contributed by atoms with Crippen molar-refractivity contribution in [2.45, 2.75) is 24.5 Å². The summed E-state index contributed by atoms with van der Waals surface area (Å²) in [7, 11) is -3.38. The molecule has 0 saturated carbocycles. The predicted octanol–water partition coefficient (Wildman–Crippen LogP) is 17.0. The SMILES string of the molecule is O=[SH]1(c2ccccc2)c2ccc(-n3c4ccccc4c4ccc5c(c6ccccc6n5-c5ccccc5)c43)cc2Sc2cc(-n3c4ccccc4c4ccc5c(c6ccccc6n5-c5ccccc5)c43)ccc21. The number of hydrogen-bond donors (Lipinski definition) is 1. The van der Waals surface area contributed by atoms with Crippen molar-refractivity contribution >= 4 is 109 Å². The highest BCUT2D eigenvalue weighted by atomic mass is 32.2. The molecular weight excluding hydrogens is 929 g/mol. The summed E-state index contributed by atoms with van der Waals surface area (Å²) in [5.74, 6) is 0. The van der Waals surface area contributed by atoms with Gasteiger partial charge in [0.2, 0.25) is 0 Å². The van der Waals surface area contributed by atoms with Crippen LogP contribution in [0.3, 0.4) is 0 Å². The Kier molecular flexibility index (Phi) is 8.56. The van der Waals surface area contributed by atoms with E-state index in [4.69, 9.17) is 0 Å². The fourth-order valence-electron chi connectivity index (χ4n) is 12.4. The molecule has 344 valence electrons. The van der Waals surface area contributed by atoms with Crippen molar-refractivity contribution in [1.82, 2.24) is 18.3 Å². The van der Waals surface area contributed by atoms with Crippen LogP contribution in [0.25, 0.3) is 110 Å². The van der Waals surface area contributed by atoms with Gasteiger partial charge in [0.05, 0.1) is 44.1 Å². The summed E-state index contributed by atoms with van der Waals surface area (Å²) in [5, 5.41) is 9.59. The normalized spacial score (nSPS) is 13.8. The number of hydrogen-bond acceptors (Lipinski definition) is 2. The molecule has 0 fully saturated rings. The summed E-state index contributed by atoms with van der Waals surface area (Å²) in [4.78, 5) is 4.56. The van der Waals surface area contributed by atoms with E-state index in [0.717, 1.165) is 91.4 Å². The number of thiol groups is 1. The number of rotatable bonds is 5. The predicted molar refractivity (Wildman–Crippen MR) is 305 cm³/mol. The lowest BCUT2D eigenvalue weighted by atomic mass is 10.1. The van der Waals surface area contributed by atoms with Gasteiger partial charge in [-0.15, -0.1) is 0 Å². The summed E-state index contributed by atoms with van der Waals surface area (Å²) in [5.41, 5.74) is 13.5. The molecule has 15 aromatic rings. The quantitative estimate of drug-likeness (QED) is 0.175. The second-order valence-corrected chi connectivity index (χ2v) is 22.9. The Morgan fingerprint density at radius 3 is 1.10 bits per heavy atom. The standard InChI is InChI=1S/C66H42N4OS2/c71-73(46-22-8-3-9-23-46)61-38-32-44(69-53-28-14-10-24-47(53)49-34-36-57-63(65(49)69)51-26-12-16-30-55(51)67(57)42-18-4-1-5-19-42)40-59(61)72-60-41-45(33-39-62(60)73)70-54-29-15-11-25-48(54)50-35-37-58-64(66(50)70)52-27-13-17-31-56(52)68(58)43-20-6-2-7-21-43/h1-41,73H. The van der Waals surface area contributed by atoms with E-state index in [9.17, 15) is 0 Å². The van der Waals surface area contributed by atoms with Crippen LogP contribution in [0.5, 0.6) is 0 Å². The highest BCUT2D eigenvalue weighted by molar-refractivity contribution is 8.07. The molecule has 0 unspecified atom stereocenters. The van der Waals surface area contributed by atoms with Gasteiger partial charge in [0, 0.05) is 90.3 Å². The van der Waals surface area contributed by atoms with Crippen molar-refractivity contribution in [2.24, 2.45) is 0 Å². The zero-order valence-corrected chi connectivity index (χ0v) is 40.9. The lowest BCUT2D eigenvalue weighted by Crippen LogP contribution is -2.19. The van der Waals surface area contributed by atoms with Crippen LogP contribution in [0.4, 0.5) is 0 Å². The summed E-state index contributed by atoms with van der Waals surface area (Å²) in [6.07, 6.45) is 0. The fourth-order valence-corrected chi connectivity index (χ4v) is 17.1. The molecule has 0 bridgehead atoms. The Bertz CT molecular complexity index is 4570. The van der Waals surface area contributed by atoms with Gasteiger partial charge in [-0.1, -0.05) is 151 Å². The molecule has 5 heterocycles. The first kappa shape index (κ1) is 40.8. The van der Waals surface area contributed by atoms with Crippen LogP contribution < -0.4 is 0 Å². The van der Waals surface area contributed by atoms with Crippen LogP contribution in [0.2, 0.25) is 0 Å². The largest absolute Gasteiger partial charge is 0.309 e. The van der Waals surface area contributed by atoms with Gasteiger partial charge in [0.15, 0.2) is 0 Å². The minimum absolute atomic E-state index is 0.831. The molecule has 0 aliphatic carbocycles. The topological polar surface area (TPSA) is 36.8 Å². The van der Waals surface area contributed by atoms with E-state index in [1.807, 2.05) is 30.3 Å². The van der Waals surface area contributed by atoms with Crippen LogP contribution in [0.1, 0.15) is 0 Å². The lowest BCUT2D eigenvalue weighted by molar-refractivity contribution is 0.665. The molecular formula is C66H42N4OS2. The van der Waals surface area contributed by atoms with Crippen molar-refractivity contribution in [3.63, 3.8) is 0 Å². The molecule has 0 saturated heterocycles. The average molecular weight is 971 g/mol. The third-order valence-corrected chi connectivity index (χ3v) is 20.0. The van der Waals surface area contributed by atoms with Crippen molar-refractivity contribution in [2.75, 3.05) is 0 Å². The second kappa shape index (κ2) is 15.3. The molecule has 0 atom stereocenters. The Morgan fingerprint density at radius 2 is 0.658 bits per heavy atom. The van der Waals surface area contributed by atoms with Crippen LogP contribution in [0, 0.1) is 0 Å². The molecule has 4 aromatic heterocycles. The van der Waals surface area contributed by atoms with Gasteiger partial charge in [-0.25, -0.2) is 0 Å². The highest BCUT2D eigenvalue weighted by Gasteiger charge is 2.35. The zero-order chi connectivity index (χ0) is 47.9. The highest BCUT2D eigenvalue weighted by Crippen LogP contribution is 2.53. The Labute approximate surface area is 424 Å². The molecule has 7 heteroatoms. The van der Waals surface area contributed by atoms with E-state index >= 15 is 4.21 Å². The van der Waals surface area contributed by atoms with Gasteiger partial charge in [0.25, 0.3) is 0 Å². The number of nitrogens with zero attached hydrogens (tertiary/aromatic N) is 4. The number of benzene rings is 11. The van der Waals surface area contributed by atoms with Crippen molar-refractivity contribution in [3.8, 4) is 22.7 Å². The first-order valence-corrected chi connectivity index (χ1v) is 27.3. The van der Waals surface area contributed by atoms with Gasteiger partial charge in [0.1, 0.15) is 0 Å². The first-order chi connectivity index (χ1) is 36.1. The summed E-state index contributed by atoms with van der Waals surface area (Å²) < 4.78 is 26.3. The third kappa shape index (κ3) is 5.60. The van der Waals surface area contributed by atoms with Gasteiger partial charge in [-0.2, -0.15) is 0 Å². The van der Waals surface area contributed by atoms with E-state index in [0.29, 0.717) is 0 Å². The second-order valence-electron chi connectivity index (χ2n) is 19.1. The maximum Gasteiger partial charge on any atom is 0.0641 e. The minimum Gasteiger partial charge on any atom is -0.309 e. The molecule has 16 rings (SSSR count).